The van der Waals surface area contributed by atoms with Crippen molar-refractivity contribution in [2.24, 2.45) is 0 Å². The molecule has 2 unspecified atom stereocenters. The topological polar surface area (TPSA) is 62.6 Å². The predicted molar refractivity (Wildman–Crippen MR) is 88.3 cm³/mol. The molecule has 1 N–H and O–H groups in total. The van der Waals surface area contributed by atoms with Gasteiger partial charge in [-0.3, -0.25) is 9.59 Å². The van der Waals surface area contributed by atoms with E-state index in [1.165, 1.54) is 6.26 Å². The van der Waals surface area contributed by atoms with Crippen molar-refractivity contribution in [1.29, 1.82) is 0 Å². The molecule has 0 fully saturated rings. The molecule has 0 spiro atoms. The molecule has 0 radical (unpaired) electrons. The molecule has 2 rings (SSSR count). The number of amides is 2. The van der Waals surface area contributed by atoms with Crippen LogP contribution in [0.1, 0.15) is 36.0 Å². The number of benzene rings is 1. The third-order valence-electron chi connectivity index (χ3n) is 3.74. The highest BCUT2D eigenvalue weighted by Gasteiger charge is 2.24. The third-order valence-corrected chi connectivity index (χ3v) is 4.00. The first kappa shape index (κ1) is 17.1. The molecule has 23 heavy (non-hydrogen) atoms. The van der Waals surface area contributed by atoms with E-state index in [4.69, 9.17) is 16.0 Å². The summed E-state index contributed by atoms with van der Waals surface area (Å²) in [5.74, 6) is -0.422. The van der Waals surface area contributed by atoms with Crippen LogP contribution >= 0.6 is 11.6 Å². The second-order valence-corrected chi connectivity index (χ2v) is 5.79. The fourth-order valence-electron chi connectivity index (χ4n) is 2.20. The number of carbonyl (C=O) groups is 2. The molecular formula is C17H19ClN2O3. The number of likely N-dealkylation sites (N-methyl/N-ethyl adjacent to an activating group) is 1. The summed E-state index contributed by atoms with van der Waals surface area (Å²) < 4.78 is 5.01. The summed E-state index contributed by atoms with van der Waals surface area (Å²) >= 11 is 5.88. The van der Waals surface area contributed by atoms with E-state index in [0.717, 1.165) is 5.56 Å². The second-order valence-electron chi connectivity index (χ2n) is 5.35. The molecule has 0 aliphatic carbocycles. The first-order chi connectivity index (χ1) is 10.9. The maximum Gasteiger partial charge on any atom is 0.287 e. The maximum atomic E-state index is 12.5. The lowest BCUT2D eigenvalue weighted by Crippen LogP contribution is -2.46. The molecule has 1 aromatic heterocycles. The van der Waals surface area contributed by atoms with E-state index in [1.807, 2.05) is 19.1 Å². The number of furan rings is 1. The Morgan fingerprint density at radius 3 is 2.39 bits per heavy atom. The Hall–Kier alpha value is -2.27. The molecule has 0 bridgehead atoms. The van der Waals surface area contributed by atoms with Gasteiger partial charge < -0.3 is 14.6 Å². The molecule has 0 saturated heterocycles. The van der Waals surface area contributed by atoms with Crippen LogP contribution in [0.25, 0.3) is 0 Å². The lowest BCUT2D eigenvalue weighted by molar-refractivity contribution is -0.133. The zero-order valence-corrected chi connectivity index (χ0v) is 14.0. The average Bonchev–Trinajstić information content (AvgIpc) is 3.08. The van der Waals surface area contributed by atoms with Crippen molar-refractivity contribution in [2.75, 3.05) is 7.05 Å². The summed E-state index contributed by atoms with van der Waals surface area (Å²) in [4.78, 5) is 26.0. The Balaban J connectivity index is 2.00. The summed E-state index contributed by atoms with van der Waals surface area (Å²) in [5.41, 5.74) is 0.967. The summed E-state index contributed by atoms with van der Waals surface area (Å²) in [7, 11) is 1.71. The normalized spacial score (nSPS) is 13.2. The van der Waals surface area contributed by atoms with Crippen molar-refractivity contribution in [3.05, 3.63) is 59.0 Å². The van der Waals surface area contributed by atoms with Crippen molar-refractivity contribution in [1.82, 2.24) is 10.2 Å². The third kappa shape index (κ3) is 4.13. The van der Waals surface area contributed by atoms with Crippen LogP contribution in [0, 0.1) is 0 Å². The molecule has 5 nitrogen and oxygen atoms in total. The minimum atomic E-state index is -0.660. The highest BCUT2D eigenvalue weighted by Crippen LogP contribution is 2.21. The van der Waals surface area contributed by atoms with Gasteiger partial charge in [0.1, 0.15) is 6.04 Å². The van der Waals surface area contributed by atoms with E-state index >= 15 is 0 Å². The van der Waals surface area contributed by atoms with Gasteiger partial charge in [-0.05, 0) is 43.7 Å². The maximum absolute atomic E-state index is 12.5. The van der Waals surface area contributed by atoms with Gasteiger partial charge in [0, 0.05) is 12.1 Å². The predicted octanol–water partition coefficient (Wildman–Crippen LogP) is 3.27. The molecule has 2 atom stereocenters. The standard InChI is InChI=1S/C17H19ClN2O3/c1-11(19-16(21)15-5-4-10-23-15)17(22)20(3)12(2)13-6-8-14(18)9-7-13/h4-12H,1-3H3,(H,19,21). The van der Waals surface area contributed by atoms with Crippen LogP contribution in [0.4, 0.5) is 0 Å². The minimum absolute atomic E-state index is 0.136. The van der Waals surface area contributed by atoms with Crippen molar-refractivity contribution in [3.8, 4) is 0 Å². The number of hydrogen-bond donors (Lipinski definition) is 1. The Bertz CT molecular complexity index is 668. The smallest absolute Gasteiger partial charge is 0.287 e. The van der Waals surface area contributed by atoms with Crippen molar-refractivity contribution >= 4 is 23.4 Å². The number of nitrogens with one attached hydrogen (secondary N) is 1. The Morgan fingerprint density at radius 1 is 1.17 bits per heavy atom. The van der Waals surface area contributed by atoms with Gasteiger partial charge in [0.15, 0.2) is 5.76 Å². The van der Waals surface area contributed by atoms with Gasteiger partial charge >= 0.3 is 0 Å². The summed E-state index contributed by atoms with van der Waals surface area (Å²) in [5, 5.41) is 3.28. The van der Waals surface area contributed by atoms with Crippen LogP contribution in [0.5, 0.6) is 0 Å². The van der Waals surface area contributed by atoms with Gasteiger partial charge in [0.2, 0.25) is 5.91 Å². The van der Waals surface area contributed by atoms with Gasteiger partial charge in [0.05, 0.1) is 12.3 Å². The SMILES string of the molecule is CC(NC(=O)c1ccco1)C(=O)N(C)C(C)c1ccc(Cl)cc1. The summed E-state index contributed by atoms with van der Waals surface area (Å²) in [6, 6.07) is 9.70. The Kier molecular flexibility index (Phi) is 5.45. The van der Waals surface area contributed by atoms with Gasteiger partial charge in [-0.1, -0.05) is 23.7 Å². The molecular weight excluding hydrogens is 316 g/mol. The van der Waals surface area contributed by atoms with E-state index in [9.17, 15) is 9.59 Å². The molecule has 122 valence electrons. The number of hydrogen-bond acceptors (Lipinski definition) is 3. The monoisotopic (exact) mass is 334 g/mol. The molecule has 2 amide bonds. The number of carbonyl (C=O) groups excluding carboxylic acids is 2. The molecule has 0 aliphatic rings. The Morgan fingerprint density at radius 2 is 1.83 bits per heavy atom. The highest BCUT2D eigenvalue weighted by molar-refractivity contribution is 6.30. The van der Waals surface area contributed by atoms with Gasteiger partial charge in [-0.25, -0.2) is 0 Å². The lowest BCUT2D eigenvalue weighted by atomic mass is 10.1. The van der Waals surface area contributed by atoms with Crippen LogP contribution in [0.2, 0.25) is 5.02 Å². The zero-order valence-electron chi connectivity index (χ0n) is 13.2. The molecule has 6 heteroatoms. The Labute approximate surface area is 140 Å². The van der Waals surface area contributed by atoms with E-state index < -0.39 is 11.9 Å². The quantitative estimate of drug-likeness (QED) is 0.912. The van der Waals surface area contributed by atoms with Gasteiger partial charge in [-0.2, -0.15) is 0 Å². The van der Waals surface area contributed by atoms with Crippen molar-refractivity contribution < 1.29 is 14.0 Å². The lowest BCUT2D eigenvalue weighted by Gasteiger charge is -2.28. The summed E-state index contributed by atoms with van der Waals surface area (Å²) in [6.07, 6.45) is 1.41. The van der Waals surface area contributed by atoms with Crippen molar-refractivity contribution in [3.63, 3.8) is 0 Å². The van der Waals surface area contributed by atoms with E-state index in [-0.39, 0.29) is 17.7 Å². The first-order valence-corrected chi connectivity index (χ1v) is 7.64. The number of halogens is 1. The molecule has 0 aliphatic heterocycles. The molecule has 1 aromatic carbocycles. The van der Waals surface area contributed by atoms with Crippen LogP contribution in [-0.2, 0) is 4.79 Å². The summed E-state index contributed by atoms with van der Waals surface area (Å²) in [6.45, 7) is 3.57. The van der Waals surface area contributed by atoms with Crippen LogP contribution in [0.3, 0.4) is 0 Å². The largest absolute Gasteiger partial charge is 0.459 e. The van der Waals surface area contributed by atoms with E-state index in [2.05, 4.69) is 5.32 Å². The van der Waals surface area contributed by atoms with E-state index in [0.29, 0.717) is 5.02 Å². The average molecular weight is 335 g/mol. The minimum Gasteiger partial charge on any atom is -0.459 e. The number of rotatable bonds is 5. The van der Waals surface area contributed by atoms with Crippen LogP contribution < -0.4 is 5.32 Å². The fourth-order valence-corrected chi connectivity index (χ4v) is 2.32. The molecule has 2 aromatic rings. The first-order valence-electron chi connectivity index (χ1n) is 7.26. The van der Waals surface area contributed by atoms with Crippen LogP contribution in [-0.4, -0.2) is 29.8 Å². The second kappa shape index (κ2) is 7.33. The van der Waals surface area contributed by atoms with Gasteiger partial charge in [-0.15, -0.1) is 0 Å². The van der Waals surface area contributed by atoms with Crippen LogP contribution in [0.15, 0.2) is 47.1 Å². The fraction of sp³-hybridized carbons (Fsp3) is 0.294. The molecule has 0 saturated carbocycles. The van der Waals surface area contributed by atoms with Gasteiger partial charge in [0.25, 0.3) is 5.91 Å². The molecule has 1 heterocycles. The van der Waals surface area contributed by atoms with E-state index in [1.54, 1.807) is 43.1 Å². The zero-order chi connectivity index (χ0) is 17.0. The number of nitrogens with zero attached hydrogens (tertiary/aromatic N) is 1. The van der Waals surface area contributed by atoms with Crippen molar-refractivity contribution in [2.45, 2.75) is 25.9 Å². The highest BCUT2D eigenvalue weighted by atomic mass is 35.5.